The average Bonchev–Trinajstić information content (AvgIpc) is 2.70. The van der Waals surface area contributed by atoms with Crippen LogP contribution in [-0.4, -0.2) is 17.9 Å². The molecule has 0 bridgehead atoms. The molecular formula is C15H16FNO2. The lowest BCUT2D eigenvalue weighted by Crippen LogP contribution is -2.26. The summed E-state index contributed by atoms with van der Waals surface area (Å²) in [7, 11) is 1.72. The van der Waals surface area contributed by atoms with Gasteiger partial charge in [-0.15, -0.1) is 0 Å². The predicted octanol–water partition coefficient (Wildman–Crippen LogP) is 3.31. The van der Waals surface area contributed by atoms with Gasteiger partial charge in [0.15, 0.2) is 0 Å². The summed E-state index contributed by atoms with van der Waals surface area (Å²) < 4.78 is 18.2. The van der Waals surface area contributed by atoms with Gasteiger partial charge in [0.25, 0.3) is 5.91 Å². The molecule has 0 fully saturated rings. The van der Waals surface area contributed by atoms with Crippen molar-refractivity contribution in [3.05, 3.63) is 58.8 Å². The van der Waals surface area contributed by atoms with E-state index < -0.39 is 0 Å². The Morgan fingerprint density at radius 1 is 1.26 bits per heavy atom. The van der Waals surface area contributed by atoms with Gasteiger partial charge in [0.2, 0.25) is 0 Å². The second kappa shape index (κ2) is 5.26. The SMILES string of the molecule is Cc1cc(C(=O)N(C)Cc2ccc(F)cc2)c(C)o1. The fourth-order valence-corrected chi connectivity index (χ4v) is 1.98. The van der Waals surface area contributed by atoms with Gasteiger partial charge in [0.1, 0.15) is 17.3 Å². The van der Waals surface area contributed by atoms with E-state index in [1.807, 2.05) is 6.92 Å². The van der Waals surface area contributed by atoms with Gasteiger partial charge in [-0.05, 0) is 37.6 Å². The normalized spacial score (nSPS) is 10.5. The number of hydrogen-bond acceptors (Lipinski definition) is 2. The number of benzene rings is 1. The lowest BCUT2D eigenvalue weighted by atomic mass is 10.2. The third-order valence-corrected chi connectivity index (χ3v) is 2.95. The topological polar surface area (TPSA) is 33.5 Å². The number of rotatable bonds is 3. The average molecular weight is 261 g/mol. The standard InChI is InChI=1S/C15H16FNO2/c1-10-8-14(11(2)19-10)15(18)17(3)9-12-4-6-13(16)7-5-12/h4-8H,9H2,1-3H3. The summed E-state index contributed by atoms with van der Waals surface area (Å²) in [5.41, 5.74) is 1.46. The predicted molar refractivity (Wildman–Crippen MR) is 70.4 cm³/mol. The summed E-state index contributed by atoms with van der Waals surface area (Å²) in [6.07, 6.45) is 0. The number of aryl methyl sites for hydroxylation is 2. The highest BCUT2D eigenvalue weighted by atomic mass is 19.1. The molecule has 2 aromatic rings. The maximum atomic E-state index is 12.8. The van der Waals surface area contributed by atoms with E-state index in [0.29, 0.717) is 17.9 Å². The molecule has 0 N–H and O–H groups in total. The molecule has 0 saturated heterocycles. The van der Waals surface area contributed by atoms with Crippen LogP contribution in [0.4, 0.5) is 4.39 Å². The maximum Gasteiger partial charge on any atom is 0.257 e. The Labute approximate surface area is 111 Å². The van der Waals surface area contributed by atoms with E-state index in [2.05, 4.69) is 0 Å². The first-order valence-electron chi connectivity index (χ1n) is 6.04. The Kier molecular flexibility index (Phi) is 3.69. The minimum absolute atomic E-state index is 0.0984. The molecule has 0 saturated carbocycles. The molecule has 0 atom stereocenters. The van der Waals surface area contributed by atoms with Gasteiger partial charge in [-0.3, -0.25) is 4.79 Å². The molecule has 1 heterocycles. The van der Waals surface area contributed by atoms with E-state index in [-0.39, 0.29) is 11.7 Å². The molecule has 0 unspecified atom stereocenters. The van der Waals surface area contributed by atoms with E-state index in [1.165, 1.54) is 12.1 Å². The van der Waals surface area contributed by atoms with Gasteiger partial charge in [-0.1, -0.05) is 12.1 Å². The van der Waals surface area contributed by atoms with Crippen LogP contribution in [0.1, 0.15) is 27.4 Å². The molecule has 2 rings (SSSR count). The van der Waals surface area contributed by atoms with E-state index >= 15 is 0 Å². The van der Waals surface area contributed by atoms with Crippen LogP contribution in [0.15, 0.2) is 34.7 Å². The molecule has 4 heteroatoms. The zero-order valence-electron chi connectivity index (χ0n) is 11.2. The number of hydrogen-bond donors (Lipinski definition) is 0. The lowest BCUT2D eigenvalue weighted by Gasteiger charge is -2.16. The van der Waals surface area contributed by atoms with Crippen molar-refractivity contribution in [2.75, 3.05) is 7.05 Å². The Hall–Kier alpha value is -2.10. The van der Waals surface area contributed by atoms with E-state index in [9.17, 15) is 9.18 Å². The first-order valence-corrected chi connectivity index (χ1v) is 6.04. The highest BCUT2D eigenvalue weighted by molar-refractivity contribution is 5.95. The van der Waals surface area contributed by atoms with Gasteiger partial charge in [-0.2, -0.15) is 0 Å². The van der Waals surface area contributed by atoms with E-state index in [4.69, 9.17) is 4.42 Å². The second-order valence-corrected chi connectivity index (χ2v) is 4.61. The number of halogens is 1. The summed E-state index contributed by atoms with van der Waals surface area (Å²) in [6, 6.07) is 7.86. The minimum Gasteiger partial charge on any atom is -0.466 e. The van der Waals surface area contributed by atoms with Gasteiger partial charge in [-0.25, -0.2) is 4.39 Å². The summed E-state index contributed by atoms with van der Waals surface area (Å²) in [4.78, 5) is 13.8. The molecule has 3 nitrogen and oxygen atoms in total. The van der Waals surface area contributed by atoms with Crippen molar-refractivity contribution in [1.82, 2.24) is 4.90 Å². The van der Waals surface area contributed by atoms with Crippen LogP contribution in [-0.2, 0) is 6.54 Å². The quantitative estimate of drug-likeness (QED) is 0.849. The molecule has 1 aromatic heterocycles. The van der Waals surface area contributed by atoms with Crippen molar-refractivity contribution in [3.8, 4) is 0 Å². The largest absolute Gasteiger partial charge is 0.466 e. The third kappa shape index (κ3) is 3.02. The van der Waals surface area contributed by atoms with Crippen molar-refractivity contribution < 1.29 is 13.6 Å². The van der Waals surface area contributed by atoms with Gasteiger partial charge < -0.3 is 9.32 Å². The third-order valence-electron chi connectivity index (χ3n) is 2.95. The van der Waals surface area contributed by atoms with Crippen LogP contribution in [0.2, 0.25) is 0 Å². The first kappa shape index (κ1) is 13.3. The Morgan fingerprint density at radius 3 is 2.42 bits per heavy atom. The Morgan fingerprint density at radius 2 is 1.89 bits per heavy atom. The monoisotopic (exact) mass is 261 g/mol. The second-order valence-electron chi connectivity index (χ2n) is 4.61. The Bertz CT molecular complexity index is 587. The van der Waals surface area contributed by atoms with E-state index in [1.54, 1.807) is 37.1 Å². The van der Waals surface area contributed by atoms with Crippen molar-refractivity contribution in [1.29, 1.82) is 0 Å². The number of carbonyl (C=O) groups is 1. The van der Waals surface area contributed by atoms with E-state index in [0.717, 1.165) is 11.3 Å². The van der Waals surface area contributed by atoms with Crippen LogP contribution in [0.3, 0.4) is 0 Å². The van der Waals surface area contributed by atoms with Crippen LogP contribution in [0.25, 0.3) is 0 Å². The molecule has 1 aromatic carbocycles. The van der Waals surface area contributed by atoms with Crippen LogP contribution >= 0.6 is 0 Å². The highest BCUT2D eigenvalue weighted by Gasteiger charge is 2.17. The van der Waals surface area contributed by atoms with Gasteiger partial charge >= 0.3 is 0 Å². The zero-order chi connectivity index (χ0) is 14.0. The van der Waals surface area contributed by atoms with Crippen LogP contribution in [0.5, 0.6) is 0 Å². The lowest BCUT2D eigenvalue weighted by molar-refractivity contribution is 0.0783. The minimum atomic E-state index is -0.279. The first-order chi connectivity index (χ1) is 8.97. The number of carbonyl (C=O) groups excluding carboxylic acids is 1. The van der Waals surface area contributed by atoms with Crippen molar-refractivity contribution in [2.24, 2.45) is 0 Å². The highest BCUT2D eigenvalue weighted by Crippen LogP contribution is 2.16. The maximum absolute atomic E-state index is 12.8. The molecule has 1 amide bonds. The number of furan rings is 1. The molecule has 0 aliphatic carbocycles. The number of nitrogens with zero attached hydrogens (tertiary/aromatic N) is 1. The van der Waals surface area contributed by atoms with Crippen LogP contribution in [0, 0.1) is 19.7 Å². The van der Waals surface area contributed by atoms with Crippen molar-refractivity contribution >= 4 is 5.91 Å². The summed E-state index contributed by atoms with van der Waals surface area (Å²) in [5.74, 6) is 0.960. The van der Waals surface area contributed by atoms with Crippen molar-refractivity contribution in [2.45, 2.75) is 20.4 Å². The number of amides is 1. The molecular weight excluding hydrogens is 245 g/mol. The fraction of sp³-hybridized carbons (Fsp3) is 0.267. The molecule has 0 aliphatic heterocycles. The van der Waals surface area contributed by atoms with Crippen LogP contribution < -0.4 is 0 Å². The van der Waals surface area contributed by atoms with Gasteiger partial charge in [0.05, 0.1) is 5.56 Å². The summed E-state index contributed by atoms with van der Waals surface area (Å²) in [5, 5.41) is 0. The molecule has 19 heavy (non-hydrogen) atoms. The summed E-state index contributed by atoms with van der Waals surface area (Å²) >= 11 is 0. The zero-order valence-corrected chi connectivity index (χ0v) is 11.2. The Balaban J connectivity index is 2.11. The molecule has 100 valence electrons. The fourth-order valence-electron chi connectivity index (χ4n) is 1.98. The summed E-state index contributed by atoms with van der Waals surface area (Å²) in [6.45, 7) is 4.01. The molecule has 0 aliphatic rings. The van der Waals surface area contributed by atoms with Crippen molar-refractivity contribution in [3.63, 3.8) is 0 Å². The molecule has 0 spiro atoms. The molecule has 0 radical (unpaired) electrons. The smallest absolute Gasteiger partial charge is 0.257 e. The van der Waals surface area contributed by atoms with Gasteiger partial charge in [0, 0.05) is 13.6 Å².